The van der Waals surface area contributed by atoms with E-state index in [0.29, 0.717) is 15.6 Å². The summed E-state index contributed by atoms with van der Waals surface area (Å²) in [5.74, 6) is -1.57. The molecule has 5 nitrogen and oxygen atoms in total. The smallest absolute Gasteiger partial charge is 0.376 e. The van der Waals surface area contributed by atoms with Crippen molar-refractivity contribution in [2.45, 2.75) is 77.9 Å². The third-order valence-corrected chi connectivity index (χ3v) is 9.86. The molecular formula is C21H33Cl2NO4Si. The molecule has 1 N–H and O–H groups in total. The van der Waals surface area contributed by atoms with Gasteiger partial charge in [0.2, 0.25) is 0 Å². The molecule has 0 fully saturated rings. The van der Waals surface area contributed by atoms with Crippen LogP contribution in [0.25, 0.3) is 0 Å². The van der Waals surface area contributed by atoms with Gasteiger partial charge in [0.1, 0.15) is 11.3 Å². The summed E-state index contributed by atoms with van der Waals surface area (Å²) in [6.45, 7) is 17.3. The summed E-state index contributed by atoms with van der Waals surface area (Å²) < 4.78 is 11.8. The average Bonchev–Trinajstić information content (AvgIpc) is 2.48. The summed E-state index contributed by atoms with van der Waals surface area (Å²) in [6.07, 6.45) is 0. The lowest BCUT2D eigenvalue weighted by molar-refractivity contribution is -0.162. The van der Waals surface area contributed by atoms with Gasteiger partial charge in [-0.2, -0.15) is 0 Å². The summed E-state index contributed by atoms with van der Waals surface area (Å²) in [5.41, 5.74) is -1.14. The van der Waals surface area contributed by atoms with Gasteiger partial charge in [0.15, 0.2) is 8.32 Å². The van der Waals surface area contributed by atoms with Gasteiger partial charge in [-0.1, -0.05) is 44.0 Å². The second-order valence-electron chi connectivity index (χ2n) is 9.83. The van der Waals surface area contributed by atoms with Crippen LogP contribution in [0.3, 0.4) is 0 Å². The third-order valence-electron chi connectivity index (χ3n) is 4.89. The molecule has 1 aromatic carbocycles. The van der Waals surface area contributed by atoms with Crippen LogP contribution in [0.15, 0.2) is 18.2 Å². The normalized spacial score (nSPS) is 15.0. The van der Waals surface area contributed by atoms with E-state index in [0.717, 1.165) is 0 Å². The average molecular weight is 462 g/mol. The van der Waals surface area contributed by atoms with E-state index in [1.807, 2.05) is 6.92 Å². The van der Waals surface area contributed by atoms with Crippen LogP contribution in [-0.2, 0) is 24.5 Å². The first-order valence-corrected chi connectivity index (χ1v) is 13.2. The number of esters is 1. The molecule has 0 aliphatic carbocycles. The van der Waals surface area contributed by atoms with E-state index in [1.165, 1.54) is 0 Å². The van der Waals surface area contributed by atoms with Crippen LogP contribution in [0.1, 0.15) is 54.0 Å². The maximum atomic E-state index is 12.4. The number of ether oxygens (including phenoxy) is 1. The molecule has 8 heteroatoms. The van der Waals surface area contributed by atoms with Gasteiger partial charge >= 0.3 is 5.97 Å². The van der Waals surface area contributed by atoms with Crippen molar-refractivity contribution < 1.29 is 18.8 Å². The molecular weight excluding hydrogens is 429 g/mol. The summed E-state index contributed by atoms with van der Waals surface area (Å²) in [5, 5.41) is 3.94. The fourth-order valence-electron chi connectivity index (χ4n) is 2.35. The van der Waals surface area contributed by atoms with Gasteiger partial charge in [0.25, 0.3) is 5.78 Å². The number of rotatable bonds is 7. The van der Waals surface area contributed by atoms with E-state index < -0.39 is 31.4 Å². The Morgan fingerprint density at radius 3 is 1.86 bits per heavy atom. The van der Waals surface area contributed by atoms with Gasteiger partial charge < -0.3 is 9.16 Å². The first-order valence-electron chi connectivity index (χ1n) is 9.54. The minimum atomic E-state index is -2.27. The Morgan fingerprint density at radius 1 is 0.966 bits per heavy atom. The van der Waals surface area contributed by atoms with E-state index in [2.05, 4.69) is 39.2 Å². The second-order valence-corrected chi connectivity index (χ2v) is 15.4. The molecule has 0 aliphatic heterocycles. The monoisotopic (exact) mass is 461 g/mol. The number of benzene rings is 1. The van der Waals surface area contributed by atoms with Gasteiger partial charge in [-0.15, -0.1) is 0 Å². The maximum absolute atomic E-state index is 12.4. The first-order chi connectivity index (χ1) is 12.9. The number of halogens is 2. The van der Waals surface area contributed by atoms with Crippen LogP contribution >= 0.6 is 23.2 Å². The van der Waals surface area contributed by atoms with E-state index in [-0.39, 0.29) is 11.6 Å². The molecule has 1 unspecified atom stereocenters. The van der Waals surface area contributed by atoms with Crippen molar-refractivity contribution >= 4 is 43.3 Å². The Bertz CT molecular complexity index is 749. The zero-order valence-electron chi connectivity index (χ0n) is 18.8. The maximum Gasteiger partial charge on any atom is 0.376 e. The van der Waals surface area contributed by atoms with Crippen molar-refractivity contribution in [3.63, 3.8) is 0 Å². The van der Waals surface area contributed by atoms with Crippen molar-refractivity contribution in [2.24, 2.45) is 0 Å². The molecule has 164 valence electrons. The molecule has 1 rings (SSSR count). The van der Waals surface area contributed by atoms with Crippen molar-refractivity contribution in [1.82, 2.24) is 5.32 Å². The van der Waals surface area contributed by atoms with E-state index >= 15 is 0 Å². The largest absolute Gasteiger partial charge is 0.454 e. The zero-order chi connectivity index (χ0) is 22.8. The van der Waals surface area contributed by atoms with Crippen molar-refractivity contribution in [3.8, 4) is 0 Å². The third kappa shape index (κ3) is 7.68. The molecule has 1 atom stereocenters. The highest BCUT2D eigenvalue weighted by Crippen LogP contribution is 2.41. The molecule has 0 saturated carbocycles. The van der Waals surface area contributed by atoms with Crippen LogP contribution in [-0.4, -0.2) is 32.2 Å². The highest BCUT2D eigenvalue weighted by molar-refractivity contribution is 6.74. The van der Waals surface area contributed by atoms with Gasteiger partial charge in [0.05, 0.1) is 6.54 Å². The van der Waals surface area contributed by atoms with E-state index in [9.17, 15) is 9.59 Å². The number of carbonyl (C=O) groups excluding carboxylic acids is 2. The Labute approximate surface area is 185 Å². The van der Waals surface area contributed by atoms with Crippen molar-refractivity contribution in [3.05, 3.63) is 33.8 Å². The molecule has 0 heterocycles. The topological polar surface area (TPSA) is 64.6 Å². The predicted octanol–water partition coefficient (Wildman–Crippen LogP) is 5.69. The molecule has 0 aliphatic rings. The van der Waals surface area contributed by atoms with Crippen molar-refractivity contribution in [1.29, 1.82) is 0 Å². The molecule has 0 saturated heterocycles. The molecule has 0 aromatic heterocycles. The van der Waals surface area contributed by atoms with Crippen LogP contribution < -0.4 is 5.32 Å². The van der Waals surface area contributed by atoms with Gasteiger partial charge in [0, 0.05) is 15.6 Å². The summed E-state index contributed by atoms with van der Waals surface area (Å²) in [4.78, 5) is 24.4. The number of nitrogens with one attached hydrogen (secondary N) is 1. The fourth-order valence-corrected chi connectivity index (χ4v) is 4.39. The molecule has 0 radical (unpaired) electrons. The lowest BCUT2D eigenvalue weighted by Gasteiger charge is -2.44. The zero-order valence-corrected chi connectivity index (χ0v) is 21.3. The van der Waals surface area contributed by atoms with Crippen LogP contribution in [0.4, 0.5) is 0 Å². The SMILES string of the molecule is CC(C)(C)OC(=O)C(=O)CNC(C)(O[Si](C)(C)C(C)(C)C)c1cc(Cl)cc(Cl)c1. The minimum absolute atomic E-state index is 0.0759. The predicted molar refractivity (Wildman–Crippen MR) is 121 cm³/mol. The summed E-state index contributed by atoms with van der Waals surface area (Å²) >= 11 is 12.4. The number of Topliss-reactive ketones (excluding diaryl/α,β-unsaturated/α-hetero) is 1. The standard InChI is InChI=1S/C21H33Cl2NO4Si/c1-19(2,3)27-18(26)17(25)13-24-21(7,28-29(8,9)20(4,5)6)14-10-15(22)12-16(23)11-14/h10-12,24H,13H2,1-9H3. The molecule has 0 spiro atoms. The highest BCUT2D eigenvalue weighted by atomic mass is 35.5. The van der Waals surface area contributed by atoms with E-state index in [4.69, 9.17) is 32.4 Å². The highest BCUT2D eigenvalue weighted by Gasteiger charge is 2.44. The lowest BCUT2D eigenvalue weighted by Crippen LogP contribution is -2.54. The van der Waals surface area contributed by atoms with Gasteiger partial charge in [-0.05, 0) is 64.0 Å². The Balaban J connectivity index is 3.21. The number of carbonyl (C=O) groups is 2. The summed E-state index contributed by atoms with van der Waals surface area (Å²) in [6, 6.07) is 5.11. The quantitative estimate of drug-likeness (QED) is 0.244. The first kappa shape index (κ1) is 26.1. The Morgan fingerprint density at radius 2 is 1.45 bits per heavy atom. The molecule has 0 bridgehead atoms. The van der Waals surface area contributed by atoms with Gasteiger partial charge in [-0.3, -0.25) is 10.1 Å². The Kier molecular flexibility index (Phi) is 8.16. The fraction of sp³-hybridized carbons (Fsp3) is 0.619. The summed E-state index contributed by atoms with van der Waals surface area (Å²) in [7, 11) is -2.27. The van der Waals surface area contributed by atoms with E-state index in [1.54, 1.807) is 39.0 Å². The van der Waals surface area contributed by atoms with Crippen LogP contribution in [0, 0.1) is 0 Å². The van der Waals surface area contributed by atoms with Crippen LogP contribution in [0.5, 0.6) is 0 Å². The number of hydrogen-bond donors (Lipinski definition) is 1. The Hall–Kier alpha value is -0.923. The lowest BCUT2D eigenvalue weighted by atomic mass is 10.0. The van der Waals surface area contributed by atoms with Gasteiger partial charge in [-0.25, -0.2) is 4.79 Å². The number of ketones is 1. The minimum Gasteiger partial charge on any atom is -0.454 e. The molecule has 29 heavy (non-hydrogen) atoms. The molecule has 0 amide bonds. The number of hydrogen-bond acceptors (Lipinski definition) is 5. The molecule has 1 aromatic rings. The second kappa shape index (κ2) is 9.06. The van der Waals surface area contributed by atoms with Crippen molar-refractivity contribution in [2.75, 3.05) is 6.54 Å². The van der Waals surface area contributed by atoms with Crippen LogP contribution in [0.2, 0.25) is 28.2 Å².